The molecule has 0 amide bonds. The molecule has 0 bridgehead atoms. The molecule has 0 saturated carbocycles. The maximum atomic E-state index is 5.94. The van der Waals surface area contributed by atoms with Gasteiger partial charge < -0.3 is 0 Å². The molecule has 1 heterocycles. The lowest BCUT2D eigenvalue weighted by Crippen LogP contribution is -1.80. The lowest BCUT2D eigenvalue weighted by Gasteiger charge is -1.99. The fourth-order valence-corrected chi connectivity index (χ4v) is 2.63. The molecule has 1 aromatic heterocycles. The second-order valence-electron chi connectivity index (χ2n) is 2.89. The average molecular weight is 323 g/mol. The summed E-state index contributed by atoms with van der Waals surface area (Å²) in [6.45, 7) is 0. The third kappa shape index (κ3) is 2.53. The Hall–Kier alpha value is -0.0900. The summed E-state index contributed by atoms with van der Waals surface area (Å²) in [5.41, 5.74) is 1.93. The number of hydrogen-bond donors (Lipinski definition) is 0. The maximum absolute atomic E-state index is 5.94. The van der Waals surface area contributed by atoms with Crippen LogP contribution in [-0.2, 0) is 5.33 Å². The van der Waals surface area contributed by atoms with Crippen LogP contribution in [0.4, 0.5) is 0 Å². The Morgan fingerprint density at radius 2 is 2.07 bits per heavy atom. The van der Waals surface area contributed by atoms with Crippen LogP contribution in [0.5, 0.6) is 0 Å². The topological polar surface area (TPSA) is 12.9 Å². The highest BCUT2D eigenvalue weighted by Gasteiger charge is 2.05. The van der Waals surface area contributed by atoms with Gasteiger partial charge in [0.2, 0.25) is 0 Å². The molecule has 1 nitrogen and oxygen atoms in total. The summed E-state index contributed by atoms with van der Waals surface area (Å²) in [5.74, 6) is 0. The number of rotatable bonds is 2. The van der Waals surface area contributed by atoms with Crippen molar-refractivity contribution in [2.75, 3.05) is 0 Å². The zero-order valence-electron chi connectivity index (χ0n) is 7.51. The van der Waals surface area contributed by atoms with Crippen molar-refractivity contribution in [1.82, 2.24) is 4.98 Å². The monoisotopic (exact) mass is 321 g/mol. The molecule has 0 aliphatic rings. The maximum Gasteiger partial charge on any atom is 0.104 e. The van der Waals surface area contributed by atoms with Crippen molar-refractivity contribution >= 4 is 50.5 Å². The fourth-order valence-electron chi connectivity index (χ4n) is 1.16. The molecule has 0 atom stereocenters. The Labute approximate surface area is 110 Å². The number of benzene rings is 1. The van der Waals surface area contributed by atoms with Crippen LogP contribution >= 0.6 is 50.5 Å². The van der Waals surface area contributed by atoms with Crippen molar-refractivity contribution in [3.05, 3.63) is 38.6 Å². The van der Waals surface area contributed by atoms with Gasteiger partial charge in [0, 0.05) is 10.9 Å². The predicted molar refractivity (Wildman–Crippen MR) is 70.2 cm³/mol. The second kappa shape index (κ2) is 4.83. The minimum absolute atomic E-state index is 0.558. The SMILES string of the molecule is Clc1ccc(-c2csc(CBr)n2)cc1Cl. The van der Waals surface area contributed by atoms with Gasteiger partial charge in [0.15, 0.2) is 0 Å². The van der Waals surface area contributed by atoms with Gasteiger partial charge >= 0.3 is 0 Å². The van der Waals surface area contributed by atoms with E-state index in [0.29, 0.717) is 10.0 Å². The highest BCUT2D eigenvalue weighted by Crippen LogP contribution is 2.29. The molecule has 5 heteroatoms. The van der Waals surface area contributed by atoms with Crippen LogP contribution in [0.25, 0.3) is 11.3 Å². The molecule has 0 aliphatic carbocycles. The number of hydrogen-bond acceptors (Lipinski definition) is 2. The van der Waals surface area contributed by atoms with Gasteiger partial charge in [0.25, 0.3) is 0 Å². The van der Waals surface area contributed by atoms with Crippen molar-refractivity contribution in [2.24, 2.45) is 0 Å². The van der Waals surface area contributed by atoms with E-state index in [1.54, 1.807) is 17.4 Å². The number of aromatic nitrogens is 1. The first-order chi connectivity index (χ1) is 7.20. The lowest BCUT2D eigenvalue weighted by atomic mass is 10.2. The minimum atomic E-state index is 0.558. The first kappa shape index (κ1) is 11.4. The van der Waals surface area contributed by atoms with Crippen LogP contribution in [0.3, 0.4) is 0 Å². The van der Waals surface area contributed by atoms with Crippen LogP contribution in [0.15, 0.2) is 23.6 Å². The van der Waals surface area contributed by atoms with E-state index in [1.165, 1.54) is 0 Å². The summed E-state index contributed by atoms with van der Waals surface area (Å²) in [6.07, 6.45) is 0. The highest BCUT2D eigenvalue weighted by atomic mass is 79.9. The molecule has 2 rings (SSSR count). The Kier molecular flexibility index (Phi) is 3.67. The normalized spacial score (nSPS) is 10.6. The number of thiazole rings is 1. The average Bonchev–Trinajstić information content (AvgIpc) is 2.70. The van der Waals surface area contributed by atoms with Crippen LogP contribution < -0.4 is 0 Å². The summed E-state index contributed by atoms with van der Waals surface area (Å²) in [6, 6.07) is 5.53. The van der Waals surface area contributed by atoms with E-state index in [-0.39, 0.29) is 0 Å². The molecular formula is C10H6BrCl2NS. The van der Waals surface area contributed by atoms with Gasteiger partial charge in [-0.1, -0.05) is 45.2 Å². The van der Waals surface area contributed by atoms with Crippen molar-refractivity contribution in [1.29, 1.82) is 0 Å². The second-order valence-corrected chi connectivity index (χ2v) is 5.21. The van der Waals surface area contributed by atoms with Crippen molar-refractivity contribution in [3.8, 4) is 11.3 Å². The smallest absolute Gasteiger partial charge is 0.104 e. The van der Waals surface area contributed by atoms with E-state index in [2.05, 4.69) is 20.9 Å². The van der Waals surface area contributed by atoms with E-state index >= 15 is 0 Å². The van der Waals surface area contributed by atoms with E-state index in [9.17, 15) is 0 Å². The van der Waals surface area contributed by atoms with Crippen molar-refractivity contribution < 1.29 is 0 Å². The highest BCUT2D eigenvalue weighted by molar-refractivity contribution is 9.08. The molecule has 0 aliphatic heterocycles. The summed E-state index contributed by atoms with van der Waals surface area (Å²) in [7, 11) is 0. The number of halogens is 3. The third-order valence-corrected chi connectivity index (χ3v) is 4.37. The Morgan fingerprint density at radius 3 is 2.67 bits per heavy atom. The largest absolute Gasteiger partial charge is 0.240 e. The lowest BCUT2D eigenvalue weighted by molar-refractivity contribution is 1.28. The van der Waals surface area contributed by atoms with Gasteiger partial charge in [-0.3, -0.25) is 0 Å². The van der Waals surface area contributed by atoms with E-state index < -0.39 is 0 Å². The minimum Gasteiger partial charge on any atom is -0.240 e. The number of alkyl halides is 1. The zero-order valence-corrected chi connectivity index (χ0v) is 11.4. The van der Waals surface area contributed by atoms with E-state index in [0.717, 1.165) is 21.6 Å². The van der Waals surface area contributed by atoms with Crippen LogP contribution in [0.2, 0.25) is 10.0 Å². The zero-order chi connectivity index (χ0) is 10.8. The van der Waals surface area contributed by atoms with Gasteiger partial charge in [-0.05, 0) is 12.1 Å². The Balaban J connectivity index is 2.40. The first-order valence-corrected chi connectivity index (χ1v) is 6.92. The van der Waals surface area contributed by atoms with Gasteiger partial charge in [-0.2, -0.15) is 0 Å². The van der Waals surface area contributed by atoms with Crippen LogP contribution in [0, 0.1) is 0 Å². The molecule has 1 aromatic carbocycles. The molecule has 2 aromatic rings. The summed E-state index contributed by atoms with van der Waals surface area (Å²) in [5, 5.41) is 4.96. The van der Waals surface area contributed by atoms with Gasteiger partial charge in [-0.25, -0.2) is 4.98 Å². The van der Waals surface area contributed by atoms with Gasteiger partial charge in [-0.15, -0.1) is 11.3 Å². The summed E-state index contributed by atoms with van der Waals surface area (Å²) < 4.78 is 0. The molecule has 0 spiro atoms. The molecule has 78 valence electrons. The molecule has 0 unspecified atom stereocenters. The van der Waals surface area contributed by atoms with Crippen LogP contribution in [0.1, 0.15) is 5.01 Å². The van der Waals surface area contributed by atoms with Gasteiger partial charge in [0.1, 0.15) is 5.01 Å². The Bertz CT molecular complexity index is 484. The Morgan fingerprint density at radius 1 is 1.27 bits per heavy atom. The van der Waals surface area contributed by atoms with E-state index in [1.807, 2.05) is 17.5 Å². The predicted octanol–water partition coefficient (Wildman–Crippen LogP) is 5.01. The van der Waals surface area contributed by atoms with Crippen LogP contribution in [-0.4, -0.2) is 4.98 Å². The molecular weight excluding hydrogens is 317 g/mol. The molecule has 0 N–H and O–H groups in total. The summed E-state index contributed by atoms with van der Waals surface area (Å²) >= 11 is 16.8. The van der Waals surface area contributed by atoms with Gasteiger partial charge in [0.05, 0.1) is 21.1 Å². The van der Waals surface area contributed by atoms with Crippen molar-refractivity contribution in [3.63, 3.8) is 0 Å². The molecule has 0 radical (unpaired) electrons. The summed E-state index contributed by atoms with van der Waals surface area (Å²) in [4.78, 5) is 4.44. The standard InChI is InChI=1S/C10H6BrCl2NS/c11-4-10-14-9(5-15-10)6-1-2-7(12)8(13)3-6/h1-3,5H,4H2. The molecule has 15 heavy (non-hydrogen) atoms. The molecule has 0 fully saturated rings. The van der Waals surface area contributed by atoms with Crippen molar-refractivity contribution in [2.45, 2.75) is 5.33 Å². The third-order valence-electron chi connectivity index (χ3n) is 1.88. The fraction of sp³-hybridized carbons (Fsp3) is 0.100. The quantitative estimate of drug-likeness (QED) is 0.708. The first-order valence-electron chi connectivity index (χ1n) is 4.16. The molecule has 0 saturated heterocycles. The number of nitrogens with zero attached hydrogens (tertiary/aromatic N) is 1. The van der Waals surface area contributed by atoms with E-state index in [4.69, 9.17) is 23.2 Å².